The first kappa shape index (κ1) is 18.3. The number of nitrogens with zero attached hydrogens (tertiary/aromatic N) is 1. The molecule has 118 valence electrons. The van der Waals surface area contributed by atoms with Crippen molar-refractivity contribution in [3.8, 4) is 6.07 Å². The number of ether oxygens (including phenoxy) is 2. The third kappa shape index (κ3) is 4.39. The average molecular weight is 345 g/mol. The Morgan fingerprint density at radius 3 is 2.50 bits per heavy atom. The number of alkyl halides is 2. The number of carbonyl (C=O) groups excluding carboxylic acids is 1. The topological polar surface area (TPSA) is 59.3 Å². The van der Waals surface area contributed by atoms with Crippen molar-refractivity contribution in [2.75, 3.05) is 12.9 Å². The van der Waals surface area contributed by atoms with Crippen LogP contribution in [0.2, 0.25) is 0 Å². The second-order valence-corrected chi connectivity index (χ2v) is 5.44. The predicted molar refractivity (Wildman–Crippen MR) is 82.7 cm³/mol. The minimum absolute atomic E-state index is 0.0217. The lowest BCUT2D eigenvalue weighted by Crippen LogP contribution is -2.39. The Morgan fingerprint density at radius 1 is 1.45 bits per heavy atom. The van der Waals surface area contributed by atoms with Gasteiger partial charge in [0, 0.05) is 0 Å². The number of nitriles is 1. The third-order valence-electron chi connectivity index (χ3n) is 2.60. The molecule has 22 heavy (non-hydrogen) atoms. The quantitative estimate of drug-likeness (QED) is 0.602. The van der Waals surface area contributed by atoms with E-state index in [4.69, 9.17) is 22.2 Å². The Labute approximate surface area is 136 Å². The van der Waals surface area contributed by atoms with E-state index < -0.39 is 18.0 Å². The van der Waals surface area contributed by atoms with Crippen LogP contribution in [-0.4, -0.2) is 29.1 Å². The van der Waals surface area contributed by atoms with E-state index in [9.17, 15) is 13.6 Å². The van der Waals surface area contributed by atoms with E-state index in [0.29, 0.717) is 5.56 Å². The highest BCUT2D eigenvalue weighted by Crippen LogP contribution is 2.37. The molecule has 1 unspecified atom stereocenters. The summed E-state index contributed by atoms with van der Waals surface area (Å²) in [5, 5.41) is 8.74. The first-order chi connectivity index (χ1) is 10.4. The zero-order valence-electron chi connectivity index (χ0n) is 11.8. The first-order valence-corrected chi connectivity index (χ1v) is 7.79. The lowest BCUT2D eigenvalue weighted by atomic mass is 10.0. The zero-order valence-corrected chi connectivity index (χ0v) is 13.5. The van der Waals surface area contributed by atoms with Crippen molar-refractivity contribution < 1.29 is 23.0 Å². The van der Waals surface area contributed by atoms with E-state index >= 15 is 0 Å². The molecule has 0 radical (unpaired) electrons. The lowest BCUT2D eigenvalue weighted by Gasteiger charge is -2.26. The van der Waals surface area contributed by atoms with Crippen molar-refractivity contribution in [3.63, 3.8) is 0 Å². The summed E-state index contributed by atoms with van der Waals surface area (Å²) in [5.41, 5.74) is 0.322. The van der Waals surface area contributed by atoms with Gasteiger partial charge < -0.3 is 9.47 Å². The van der Waals surface area contributed by atoms with Gasteiger partial charge in [-0.15, -0.1) is 0 Å². The molecule has 0 saturated carbocycles. The Balaban J connectivity index is 3.19. The standard InChI is InChI=1S/C14H13F2NO3S2/c1-3-19-12(18)14(15,16)11(20-13(21)22-2)10-6-4-9(8-17)5-7-10/h4-7,11H,3H2,1-2H3. The van der Waals surface area contributed by atoms with E-state index in [2.05, 4.69) is 4.74 Å². The minimum Gasteiger partial charge on any atom is -0.463 e. The summed E-state index contributed by atoms with van der Waals surface area (Å²) < 4.78 is 37.9. The monoisotopic (exact) mass is 345 g/mol. The first-order valence-electron chi connectivity index (χ1n) is 6.16. The van der Waals surface area contributed by atoms with Crippen LogP contribution in [0.4, 0.5) is 8.78 Å². The fraction of sp³-hybridized carbons (Fsp3) is 0.357. The number of hydrogen-bond donors (Lipinski definition) is 0. The van der Waals surface area contributed by atoms with Gasteiger partial charge in [0.15, 0.2) is 6.10 Å². The summed E-state index contributed by atoms with van der Waals surface area (Å²) in [6.07, 6.45) is -0.347. The summed E-state index contributed by atoms with van der Waals surface area (Å²) in [6.45, 7) is 1.25. The molecule has 0 aromatic heterocycles. The summed E-state index contributed by atoms with van der Waals surface area (Å²) in [4.78, 5) is 11.5. The molecule has 0 spiro atoms. The SMILES string of the molecule is CCOC(=O)C(F)(F)C(OC(=S)SC)c1ccc(C#N)cc1. The molecule has 0 N–H and O–H groups in total. The summed E-state index contributed by atoms with van der Waals surface area (Å²) in [6, 6.07) is 7.17. The molecule has 0 saturated heterocycles. The lowest BCUT2D eigenvalue weighted by molar-refractivity contribution is -0.187. The molecule has 0 aliphatic rings. The largest absolute Gasteiger partial charge is 0.463 e. The number of carbonyl (C=O) groups is 1. The summed E-state index contributed by atoms with van der Waals surface area (Å²) >= 11 is 5.77. The maximum atomic E-state index is 14.3. The number of hydrogen-bond acceptors (Lipinski definition) is 6. The zero-order chi connectivity index (χ0) is 16.8. The van der Waals surface area contributed by atoms with Gasteiger partial charge in [-0.3, -0.25) is 0 Å². The van der Waals surface area contributed by atoms with Crippen molar-refractivity contribution in [1.29, 1.82) is 5.26 Å². The van der Waals surface area contributed by atoms with E-state index in [0.717, 1.165) is 11.8 Å². The van der Waals surface area contributed by atoms with Crippen LogP contribution in [0.3, 0.4) is 0 Å². The molecule has 0 fully saturated rings. The van der Waals surface area contributed by atoms with Crippen LogP contribution in [0.15, 0.2) is 24.3 Å². The molecule has 1 rings (SSSR count). The van der Waals surface area contributed by atoms with Crippen molar-refractivity contribution in [2.45, 2.75) is 19.0 Å². The van der Waals surface area contributed by atoms with E-state index in [-0.39, 0.29) is 16.6 Å². The molecular formula is C14H13F2NO3S2. The molecule has 0 bridgehead atoms. The van der Waals surface area contributed by atoms with Crippen molar-refractivity contribution in [3.05, 3.63) is 35.4 Å². The maximum Gasteiger partial charge on any atom is 0.382 e. The smallest absolute Gasteiger partial charge is 0.382 e. The number of esters is 1. The van der Waals surface area contributed by atoms with Gasteiger partial charge in [-0.25, -0.2) is 4.79 Å². The molecule has 8 heteroatoms. The van der Waals surface area contributed by atoms with Crippen LogP contribution in [0, 0.1) is 11.3 Å². The molecule has 4 nitrogen and oxygen atoms in total. The van der Waals surface area contributed by atoms with Crippen molar-refractivity contribution in [1.82, 2.24) is 0 Å². The number of rotatable bonds is 5. The fourth-order valence-electron chi connectivity index (χ4n) is 1.56. The highest BCUT2D eigenvalue weighted by atomic mass is 32.2. The molecule has 1 aromatic rings. The van der Waals surface area contributed by atoms with E-state index in [1.807, 2.05) is 6.07 Å². The Morgan fingerprint density at radius 2 is 2.05 bits per heavy atom. The minimum atomic E-state index is -3.91. The van der Waals surface area contributed by atoms with Gasteiger partial charge in [0.2, 0.25) is 4.38 Å². The predicted octanol–water partition coefficient (Wildman–Crippen LogP) is 3.46. The summed E-state index contributed by atoms with van der Waals surface area (Å²) in [7, 11) is 0. The normalized spacial score (nSPS) is 12.1. The highest BCUT2D eigenvalue weighted by Gasteiger charge is 2.52. The van der Waals surface area contributed by atoms with Crippen LogP contribution in [0.25, 0.3) is 0 Å². The number of halogens is 2. The van der Waals surface area contributed by atoms with Gasteiger partial charge in [0.25, 0.3) is 0 Å². The maximum absolute atomic E-state index is 14.3. The Bertz CT molecular complexity index is 585. The molecule has 0 aliphatic carbocycles. The van der Waals surface area contributed by atoms with Gasteiger partial charge in [0.1, 0.15) is 0 Å². The Kier molecular flexibility index (Phi) is 6.71. The number of thiocarbonyl (C=S) groups is 1. The van der Waals surface area contributed by atoms with Crippen LogP contribution in [0.1, 0.15) is 24.2 Å². The second-order valence-electron chi connectivity index (χ2n) is 4.03. The van der Waals surface area contributed by atoms with Crippen molar-refractivity contribution >= 4 is 34.3 Å². The van der Waals surface area contributed by atoms with Crippen LogP contribution < -0.4 is 0 Å². The van der Waals surface area contributed by atoms with Crippen LogP contribution >= 0.6 is 24.0 Å². The van der Waals surface area contributed by atoms with Gasteiger partial charge >= 0.3 is 11.9 Å². The van der Waals surface area contributed by atoms with Gasteiger partial charge in [-0.05, 0) is 43.1 Å². The van der Waals surface area contributed by atoms with Gasteiger partial charge in [0.05, 0.1) is 18.2 Å². The van der Waals surface area contributed by atoms with Crippen LogP contribution in [-0.2, 0) is 14.3 Å². The number of thioether (sulfide) groups is 1. The van der Waals surface area contributed by atoms with Gasteiger partial charge in [-0.2, -0.15) is 14.0 Å². The average Bonchev–Trinajstić information content (AvgIpc) is 2.52. The fourth-order valence-corrected chi connectivity index (χ4v) is 1.85. The molecular weight excluding hydrogens is 332 g/mol. The third-order valence-corrected chi connectivity index (χ3v) is 3.63. The van der Waals surface area contributed by atoms with E-state index in [1.165, 1.54) is 31.2 Å². The van der Waals surface area contributed by atoms with Crippen molar-refractivity contribution in [2.24, 2.45) is 0 Å². The highest BCUT2D eigenvalue weighted by molar-refractivity contribution is 8.22. The molecule has 1 aromatic carbocycles. The van der Waals surface area contributed by atoms with E-state index in [1.54, 1.807) is 6.26 Å². The van der Waals surface area contributed by atoms with Crippen LogP contribution in [0.5, 0.6) is 0 Å². The Hall–Kier alpha value is -1.72. The molecule has 0 amide bonds. The van der Waals surface area contributed by atoms with Gasteiger partial charge in [-0.1, -0.05) is 23.9 Å². The number of benzene rings is 1. The second kappa shape index (κ2) is 8.06. The molecule has 0 heterocycles. The summed E-state index contributed by atoms with van der Waals surface area (Å²) in [5.74, 6) is -5.60. The molecule has 1 atom stereocenters. The molecule has 0 aliphatic heterocycles.